The van der Waals surface area contributed by atoms with Crippen LogP contribution in [0.15, 0.2) is 71.3 Å². The summed E-state index contributed by atoms with van der Waals surface area (Å²) in [4.78, 5) is 14.3. The third-order valence-corrected chi connectivity index (χ3v) is 4.45. The minimum absolute atomic E-state index is 0.295. The zero-order chi connectivity index (χ0) is 17.2. The Kier molecular flexibility index (Phi) is 4.30. The van der Waals surface area contributed by atoms with E-state index in [9.17, 15) is 4.79 Å². The molecular weight excluding hydrogens is 338 g/mol. The van der Waals surface area contributed by atoms with Crippen LogP contribution in [0.3, 0.4) is 0 Å². The second-order valence-electron chi connectivity index (χ2n) is 5.96. The number of carbonyl (C=O) groups is 1. The van der Waals surface area contributed by atoms with Crippen LogP contribution in [0.1, 0.15) is 33.5 Å². The van der Waals surface area contributed by atoms with Gasteiger partial charge in [-0.05, 0) is 35.9 Å². The van der Waals surface area contributed by atoms with Crippen LogP contribution >= 0.6 is 11.6 Å². The van der Waals surface area contributed by atoms with Crippen LogP contribution in [0.25, 0.3) is 0 Å². The molecule has 0 saturated carbocycles. The molecule has 1 aliphatic heterocycles. The summed E-state index contributed by atoms with van der Waals surface area (Å²) in [5.41, 5.74) is 2.53. The average molecular weight is 354 g/mol. The molecule has 1 atom stereocenters. The third kappa shape index (κ3) is 3.31. The lowest BCUT2D eigenvalue weighted by atomic mass is 10.1. The molecule has 1 aliphatic rings. The van der Waals surface area contributed by atoms with Crippen LogP contribution < -0.4 is 0 Å². The molecule has 4 rings (SSSR count). The van der Waals surface area contributed by atoms with E-state index in [-0.39, 0.29) is 5.97 Å². The number of cyclic esters (lactones) is 1. The van der Waals surface area contributed by atoms with E-state index in [4.69, 9.17) is 20.8 Å². The van der Waals surface area contributed by atoms with Gasteiger partial charge in [0, 0.05) is 17.1 Å². The fraction of sp³-hybridized carbons (Fsp3) is 0.150. The minimum atomic E-state index is -0.451. The van der Waals surface area contributed by atoms with Crippen LogP contribution in [0.5, 0.6) is 0 Å². The van der Waals surface area contributed by atoms with Gasteiger partial charge in [0.25, 0.3) is 0 Å². The minimum Gasteiger partial charge on any atom is -0.468 e. The van der Waals surface area contributed by atoms with E-state index < -0.39 is 6.23 Å². The van der Waals surface area contributed by atoms with E-state index in [1.54, 1.807) is 12.3 Å². The van der Waals surface area contributed by atoms with Gasteiger partial charge in [0.05, 0.1) is 18.4 Å². The highest BCUT2D eigenvalue weighted by Crippen LogP contribution is 2.35. The van der Waals surface area contributed by atoms with Crippen LogP contribution in [-0.2, 0) is 17.8 Å². The van der Waals surface area contributed by atoms with E-state index in [2.05, 4.69) is 4.90 Å². The Morgan fingerprint density at radius 2 is 1.88 bits per heavy atom. The molecule has 0 saturated heterocycles. The summed E-state index contributed by atoms with van der Waals surface area (Å²) in [6.45, 7) is 1.10. The molecule has 2 heterocycles. The summed E-state index contributed by atoms with van der Waals surface area (Å²) >= 11 is 6.11. The number of nitrogens with zero attached hydrogens (tertiary/aromatic N) is 1. The van der Waals surface area contributed by atoms with E-state index >= 15 is 0 Å². The number of furan rings is 1. The number of carbonyl (C=O) groups excluding carboxylic acids is 1. The lowest BCUT2D eigenvalue weighted by Crippen LogP contribution is -2.28. The summed E-state index contributed by atoms with van der Waals surface area (Å²) < 4.78 is 11.1. The molecule has 0 bridgehead atoms. The number of ether oxygens (including phenoxy) is 1. The van der Waals surface area contributed by atoms with E-state index in [1.165, 1.54) is 0 Å². The predicted octanol–water partition coefficient (Wildman–Crippen LogP) is 4.80. The van der Waals surface area contributed by atoms with Crippen molar-refractivity contribution in [1.82, 2.24) is 4.90 Å². The number of halogens is 1. The Balaban J connectivity index is 1.67. The maximum Gasteiger partial charge on any atom is 0.340 e. The van der Waals surface area contributed by atoms with Crippen molar-refractivity contribution in [1.29, 1.82) is 0 Å². The van der Waals surface area contributed by atoms with E-state index in [0.29, 0.717) is 23.7 Å². The summed E-state index contributed by atoms with van der Waals surface area (Å²) in [6, 6.07) is 18.9. The predicted molar refractivity (Wildman–Crippen MR) is 94.0 cm³/mol. The van der Waals surface area contributed by atoms with Crippen molar-refractivity contribution in [2.45, 2.75) is 19.3 Å². The first-order valence-electron chi connectivity index (χ1n) is 8.01. The molecule has 126 valence electrons. The molecule has 5 heteroatoms. The lowest BCUT2D eigenvalue weighted by Gasteiger charge is -2.27. The van der Waals surface area contributed by atoms with Crippen molar-refractivity contribution in [3.63, 3.8) is 0 Å². The van der Waals surface area contributed by atoms with Gasteiger partial charge in [0.1, 0.15) is 5.76 Å². The number of rotatable bonds is 5. The third-order valence-electron chi connectivity index (χ3n) is 4.21. The summed E-state index contributed by atoms with van der Waals surface area (Å²) in [6.07, 6.45) is 1.19. The lowest BCUT2D eigenvalue weighted by molar-refractivity contribution is -0.0335. The van der Waals surface area contributed by atoms with Crippen LogP contribution in [-0.4, -0.2) is 10.9 Å². The van der Waals surface area contributed by atoms with Gasteiger partial charge in [-0.3, -0.25) is 4.90 Å². The zero-order valence-corrected chi connectivity index (χ0v) is 14.1. The zero-order valence-electron chi connectivity index (χ0n) is 13.4. The molecule has 0 amide bonds. The Labute approximate surface area is 150 Å². The fourth-order valence-electron chi connectivity index (χ4n) is 3.09. The van der Waals surface area contributed by atoms with Gasteiger partial charge < -0.3 is 9.15 Å². The largest absolute Gasteiger partial charge is 0.468 e. The van der Waals surface area contributed by atoms with Crippen molar-refractivity contribution < 1.29 is 13.9 Å². The first-order chi connectivity index (χ1) is 12.2. The molecular formula is C20H16ClNO3. The van der Waals surface area contributed by atoms with Gasteiger partial charge in [0.2, 0.25) is 0 Å². The number of hydrogen-bond donors (Lipinski definition) is 0. The van der Waals surface area contributed by atoms with Crippen LogP contribution in [0.2, 0.25) is 5.02 Å². The number of hydrogen-bond acceptors (Lipinski definition) is 4. The van der Waals surface area contributed by atoms with Crippen molar-refractivity contribution in [3.05, 3.63) is 94.4 Å². The molecule has 4 nitrogen and oxygen atoms in total. The summed E-state index contributed by atoms with van der Waals surface area (Å²) in [7, 11) is 0. The van der Waals surface area contributed by atoms with Gasteiger partial charge >= 0.3 is 5.97 Å². The normalized spacial score (nSPS) is 16.1. The Morgan fingerprint density at radius 1 is 1.00 bits per heavy atom. The molecule has 3 aromatic rings. The molecule has 25 heavy (non-hydrogen) atoms. The number of benzene rings is 2. The molecule has 0 N–H and O–H groups in total. The van der Waals surface area contributed by atoms with Crippen molar-refractivity contribution >= 4 is 17.6 Å². The fourth-order valence-corrected chi connectivity index (χ4v) is 3.30. The first-order valence-corrected chi connectivity index (χ1v) is 8.39. The maximum atomic E-state index is 12.2. The smallest absolute Gasteiger partial charge is 0.340 e. The molecule has 0 fully saturated rings. The molecule has 0 radical (unpaired) electrons. The molecule has 0 aliphatic carbocycles. The Hall–Kier alpha value is -2.56. The van der Waals surface area contributed by atoms with Crippen molar-refractivity contribution in [2.24, 2.45) is 0 Å². The van der Waals surface area contributed by atoms with Crippen LogP contribution in [0, 0.1) is 0 Å². The summed E-state index contributed by atoms with van der Waals surface area (Å²) in [5.74, 6) is 0.513. The second kappa shape index (κ2) is 6.75. The van der Waals surface area contributed by atoms with Crippen molar-refractivity contribution in [2.75, 3.05) is 0 Å². The van der Waals surface area contributed by atoms with E-state index in [1.807, 2.05) is 54.6 Å². The van der Waals surface area contributed by atoms with Crippen LogP contribution in [0.4, 0.5) is 0 Å². The Morgan fingerprint density at radius 3 is 2.68 bits per heavy atom. The van der Waals surface area contributed by atoms with Crippen molar-refractivity contribution in [3.8, 4) is 0 Å². The highest BCUT2D eigenvalue weighted by atomic mass is 35.5. The van der Waals surface area contributed by atoms with Gasteiger partial charge in [0.15, 0.2) is 6.23 Å². The SMILES string of the molecule is O=C1OC(N(Cc2cccc(Cl)c2)Cc2ccco2)c2ccccc21. The van der Waals surface area contributed by atoms with Gasteiger partial charge in [-0.25, -0.2) is 4.79 Å². The van der Waals surface area contributed by atoms with Gasteiger partial charge in [-0.2, -0.15) is 0 Å². The second-order valence-corrected chi connectivity index (χ2v) is 6.40. The molecule has 0 spiro atoms. The van der Waals surface area contributed by atoms with Gasteiger partial charge in [-0.15, -0.1) is 0 Å². The highest BCUT2D eigenvalue weighted by molar-refractivity contribution is 6.30. The average Bonchev–Trinajstić information content (AvgIpc) is 3.23. The number of esters is 1. The maximum absolute atomic E-state index is 12.2. The summed E-state index contributed by atoms with van der Waals surface area (Å²) in [5, 5.41) is 0.680. The Bertz CT molecular complexity index is 891. The van der Waals surface area contributed by atoms with Gasteiger partial charge in [-0.1, -0.05) is 41.9 Å². The molecule has 1 aromatic heterocycles. The topological polar surface area (TPSA) is 42.7 Å². The standard InChI is InChI=1S/C20H16ClNO3/c21-15-6-3-5-14(11-15)12-22(13-16-7-4-10-24-16)19-17-8-1-2-9-18(17)20(23)25-19/h1-11,19H,12-13H2. The first kappa shape index (κ1) is 15.9. The molecule has 2 aromatic carbocycles. The number of fused-ring (bicyclic) bond motifs is 1. The highest BCUT2D eigenvalue weighted by Gasteiger charge is 2.35. The molecule has 1 unspecified atom stereocenters. The quantitative estimate of drug-likeness (QED) is 0.618. The monoisotopic (exact) mass is 353 g/mol. The van der Waals surface area contributed by atoms with E-state index in [0.717, 1.165) is 16.9 Å².